The van der Waals surface area contributed by atoms with Crippen LogP contribution in [-0.4, -0.2) is 75.5 Å². The van der Waals surface area contributed by atoms with Gasteiger partial charge in [-0.3, -0.25) is 19.2 Å². The van der Waals surface area contributed by atoms with Crippen LogP contribution in [0.1, 0.15) is 59.2 Å². The Hall–Kier alpha value is -5.53. The number of nitrogens with one attached hydrogen (secondary N) is 4. The van der Waals surface area contributed by atoms with Gasteiger partial charge in [-0.25, -0.2) is 18.7 Å². The maximum absolute atomic E-state index is 12.2. The molecular weight excluding hydrogens is 608 g/mol. The minimum Gasteiger partial charge on any atom is -0.480 e. The van der Waals surface area contributed by atoms with Crippen LogP contribution in [-0.2, 0) is 32.3 Å². The molecule has 2 aromatic carbocycles. The molecule has 1 aromatic heterocycles. The molecule has 0 aliphatic carbocycles. The Morgan fingerprint density at radius 1 is 0.660 bits per heavy atom. The van der Waals surface area contributed by atoms with Gasteiger partial charge in [0.15, 0.2) is 0 Å². The first kappa shape index (κ1) is 35.9. The average Bonchev–Trinajstić information content (AvgIpc) is 3.53. The van der Waals surface area contributed by atoms with Gasteiger partial charge in [-0.05, 0) is 62.8 Å². The molecular formula is C33H41N6O8+. The van der Waals surface area contributed by atoms with Crippen molar-refractivity contribution in [3.8, 4) is 0 Å². The molecule has 14 nitrogen and oxygen atoms in total. The Labute approximate surface area is 272 Å². The second kappa shape index (κ2) is 19.1. The molecule has 14 heteroatoms. The molecule has 0 aliphatic heterocycles. The number of aliphatic carboxylic acids is 2. The summed E-state index contributed by atoms with van der Waals surface area (Å²) in [5.41, 5.74) is 0.802. The van der Waals surface area contributed by atoms with E-state index in [9.17, 15) is 39.0 Å². The van der Waals surface area contributed by atoms with Crippen molar-refractivity contribution in [1.82, 2.24) is 25.8 Å². The molecule has 0 radical (unpaired) electrons. The highest BCUT2D eigenvalue weighted by atomic mass is 16.4. The van der Waals surface area contributed by atoms with Gasteiger partial charge in [0.25, 0.3) is 11.8 Å². The monoisotopic (exact) mass is 649 g/mol. The topological polar surface area (TPSA) is 200 Å². The van der Waals surface area contributed by atoms with E-state index in [1.54, 1.807) is 60.7 Å². The highest BCUT2D eigenvalue weighted by molar-refractivity contribution is 5.97. The Morgan fingerprint density at radius 3 is 1.60 bits per heavy atom. The molecule has 0 fully saturated rings. The van der Waals surface area contributed by atoms with Crippen molar-refractivity contribution in [3.05, 3.63) is 90.5 Å². The van der Waals surface area contributed by atoms with Crippen molar-refractivity contribution in [2.45, 2.75) is 63.7 Å². The van der Waals surface area contributed by atoms with E-state index in [0.717, 1.165) is 0 Å². The van der Waals surface area contributed by atoms with Crippen molar-refractivity contribution in [1.29, 1.82) is 0 Å². The molecule has 3 aromatic rings. The lowest BCUT2D eigenvalue weighted by Gasteiger charge is -2.14. The zero-order chi connectivity index (χ0) is 34.0. The van der Waals surface area contributed by atoms with Gasteiger partial charge in [-0.15, -0.1) is 0 Å². The van der Waals surface area contributed by atoms with Crippen LogP contribution in [0.4, 0.5) is 0 Å². The van der Waals surface area contributed by atoms with E-state index in [4.69, 9.17) is 0 Å². The fourth-order valence-corrected chi connectivity index (χ4v) is 4.70. The number of nitrogens with zero attached hydrogens (tertiary/aromatic N) is 2. The first-order valence-corrected chi connectivity index (χ1v) is 15.4. The standard InChI is InChI=1S/C33H40N6O8/c40-28(21-34-30(42)24-11-3-1-4-12-24)36-26(32(44)45)15-7-9-17-38-19-20-39(23-38)18-10-8-16-27(33(46)47)37-29(41)22-35-31(43)25-13-5-2-6-14-25/h1-6,11-14,19-20,23,26-27H,7-10,15-18,21-22H2,(H5-,34,35,36,37,40,41,42,43,44,45,46,47)/p+1. The quantitative estimate of drug-likeness (QED) is 0.0772. The van der Waals surface area contributed by atoms with Gasteiger partial charge in [-0.1, -0.05) is 36.4 Å². The lowest BCUT2D eigenvalue weighted by Crippen LogP contribution is -2.45. The van der Waals surface area contributed by atoms with Gasteiger partial charge in [0, 0.05) is 11.1 Å². The van der Waals surface area contributed by atoms with Gasteiger partial charge in [0.2, 0.25) is 18.1 Å². The average molecular weight is 650 g/mol. The Morgan fingerprint density at radius 2 is 1.13 bits per heavy atom. The fraction of sp³-hybridized carbons (Fsp3) is 0.364. The third kappa shape index (κ3) is 13.2. The predicted molar refractivity (Wildman–Crippen MR) is 169 cm³/mol. The van der Waals surface area contributed by atoms with Crippen LogP contribution in [0.5, 0.6) is 0 Å². The minimum absolute atomic E-state index is 0.232. The normalized spacial score (nSPS) is 11.9. The third-order valence-corrected chi connectivity index (χ3v) is 7.22. The fourth-order valence-electron chi connectivity index (χ4n) is 4.70. The number of amides is 4. The molecule has 3 rings (SSSR count). The van der Waals surface area contributed by atoms with Crippen LogP contribution < -0.4 is 25.8 Å². The van der Waals surface area contributed by atoms with Crippen molar-refractivity contribution in [2.24, 2.45) is 0 Å². The number of benzene rings is 2. The molecule has 0 saturated carbocycles. The Bertz CT molecular complexity index is 1390. The number of rotatable bonds is 20. The zero-order valence-corrected chi connectivity index (χ0v) is 26.0. The van der Waals surface area contributed by atoms with E-state index < -0.39 is 47.7 Å². The summed E-state index contributed by atoms with van der Waals surface area (Å²) >= 11 is 0. The lowest BCUT2D eigenvalue weighted by atomic mass is 10.1. The van der Waals surface area contributed by atoms with E-state index in [1.165, 1.54) is 0 Å². The van der Waals surface area contributed by atoms with Crippen LogP contribution in [0.15, 0.2) is 79.4 Å². The van der Waals surface area contributed by atoms with Gasteiger partial charge in [0.05, 0.1) is 26.2 Å². The van der Waals surface area contributed by atoms with Crippen LogP contribution >= 0.6 is 0 Å². The highest BCUT2D eigenvalue weighted by Gasteiger charge is 2.21. The highest BCUT2D eigenvalue weighted by Crippen LogP contribution is 2.06. The summed E-state index contributed by atoms with van der Waals surface area (Å²) in [7, 11) is 0. The number of imidazole rings is 1. The van der Waals surface area contributed by atoms with Crippen molar-refractivity contribution >= 4 is 35.6 Å². The van der Waals surface area contributed by atoms with Crippen LogP contribution in [0.25, 0.3) is 0 Å². The van der Waals surface area contributed by atoms with E-state index in [-0.39, 0.29) is 25.9 Å². The van der Waals surface area contributed by atoms with Crippen molar-refractivity contribution in [2.75, 3.05) is 13.1 Å². The summed E-state index contributed by atoms with van der Waals surface area (Å²) in [5.74, 6) is -4.31. The second-order valence-electron chi connectivity index (χ2n) is 10.9. The van der Waals surface area contributed by atoms with Crippen molar-refractivity contribution < 1.29 is 43.5 Å². The summed E-state index contributed by atoms with van der Waals surface area (Å²) < 4.78 is 3.91. The number of carboxylic acid groups (broad SMARTS) is 2. The third-order valence-electron chi connectivity index (χ3n) is 7.22. The minimum atomic E-state index is -1.15. The molecule has 2 atom stereocenters. The maximum atomic E-state index is 12.2. The summed E-state index contributed by atoms with van der Waals surface area (Å²) in [5, 5.41) is 28.9. The van der Waals surface area contributed by atoms with Gasteiger partial charge in [-0.2, -0.15) is 0 Å². The molecule has 0 saturated heterocycles. The summed E-state index contributed by atoms with van der Waals surface area (Å²) in [6.07, 6.45) is 8.57. The molecule has 47 heavy (non-hydrogen) atoms. The smallest absolute Gasteiger partial charge is 0.326 e. The van der Waals surface area contributed by atoms with E-state index >= 15 is 0 Å². The van der Waals surface area contributed by atoms with Gasteiger partial charge in [0.1, 0.15) is 24.5 Å². The molecule has 0 spiro atoms. The number of aryl methyl sites for hydroxylation is 2. The summed E-state index contributed by atoms with van der Waals surface area (Å²) in [6, 6.07) is 14.6. The number of unbranched alkanes of at least 4 members (excludes halogenated alkanes) is 2. The molecule has 6 N–H and O–H groups in total. The molecule has 0 bridgehead atoms. The number of carbonyl (C=O) groups is 6. The number of carbonyl (C=O) groups excluding carboxylic acids is 4. The van der Waals surface area contributed by atoms with Crippen LogP contribution in [0.2, 0.25) is 0 Å². The Balaban J connectivity index is 1.30. The van der Waals surface area contributed by atoms with Crippen molar-refractivity contribution in [3.63, 3.8) is 0 Å². The molecule has 0 aliphatic rings. The van der Waals surface area contributed by atoms with E-state index in [1.807, 2.05) is 27.9 Å². The van der Waals surface area contributed by atoms with Gasteiger partial charge < -0.3 is 31.5 Å². The van der Waals surface area contributed by atoms with Crippen LogP contribution in [0, 0.1) is 0 Å². The van der Waals surface area contributed by atoms with E-state index in [2.05, 4.69) is 21.3 Å². The molecule has 250 valence electrons. The molecule has 4 amide bonds. The summed E-state index contributed by atoms with van der Waals surface area (Å²) in [6.45, 7) is 0.602. The second-order valence-corrected chi connectivity index (χ2v) is 10.9. The number of hydrogen-bond acceptors (Lipinski definition) is 6. The maximum Gasteiger partial charge on any atom is 0.326 e. The molecule has 1 heterocycles. The van der Waals surface area contributed by atoms with E-state index in [0.29, 0.717) is 49.9 Å². The SMILES string of the molecule is O=C(CNC(=O)c1ccccc1)NC(CCCCn1cc[n+](CCCCC(NC(=O)CNC(=O)c2ccccc2)C(=O)O)c1)C(=O)O. The molecule has 2 unspecified atom stereocenters. The lowest BCUT2D eigenvalue weighted by molar-refractivity contribution is -0.696. The van der Waals surface area contributed by atoms with Gasteiger partial charge >= 0.3 is 11.9 Å². The zero-order valence-electron chi connectivity index (χ0n) is 26.0. The number of aromatic nitrogens is 2. The summed E-state index contributed by atoms with van der Waals surface area (Å²) in [4.78, 5) is 71.9. The Kier molecular flexibility index (Phi) is 14.6. The first-order chi connectivity index (χ1) is 22.6. The predicted octanol–water partition coefficient (Wildman–Crippen LogP) is 1.12. The number of hydrogen-bond donors (Lipinski definition) is 6. The van der Waals surface area contributed by atoms with Crippen LogP contribution in [0.3, 0.4) is 0 Å². The largest absolute Gasteiger partial charge is 0.480 e. The number of carboxylic acids is 2. The first-order valence-electron chi connectivity index (χ1n) is 15.4.